The average Bonchev–Trinajstić information content (AvgIpc) is 2.73. The number of ether oxygens (including phenoxy) is 1. The summed E-state index contributed by atoms with van der Waals surface area (Å²) in [5.74, 6) is 0. The molecule has 0 unspecified atom stereocenters. The highest BCUT2D eigenvalue weighted by atomic mass is 16.5. The molecule has 136 valence electrons. The summed E-state index contributed by atoms with van der Waals surface area (Å²) in [5, 5.41) is 3.42. The Morgan fingerprint density at radius 3 is 1.85 bits per heavy atom. The van der Waals surface area contributed by atoms with E-state index in [1.807, 2.05) is 25.1 Å². The molecule has 0 fully saturated rings. The maximum atomic E-state index is 5.42. The number of rotatable bonds is 8. The molecule has 0 aliphatic carbocycles. The minimum atomic E-state index is 0.663. The Hall–Kier alpha value is -3.10. The predicted molar refractivity (Wildman–Crippen MR) is 116 cm³/mol. The van der Waals surface area contributed by atoms with Crippen molar-refractivity contribution in [2.24, 2.45) is 0 Å². The van der Waals surface area contributed by atoms with Gasteiger partial charge in [0.05, 0.1) is 6.61 Å². The van der Waals surface area contributed by atoms with E-state index in [-0.39, 0.29) is 0 Å². The first-order valence-corrected chi connectivity index (χ1v) is 9.27. The second-order valence-electron chi connectivity index (χ2n) is 6.21. The van der Waals surface area contributed by atoms with Gasteiger partial charge < -0.3 is 10.1 Å². The molecule has 0 heterocycles. The molecular formula is C25H25NO. The minimum Gasteiger partial charge on any atom is -0.377 e. The monoisotopic (exact) mass is 355 g/mol. The van der Waals surface area contributed by atoms with E-state index in [0.29, 0.717) is 6.61 Å². The molecule has 27 heavy (non-hydrogen) atoms. The van der Waals surface area contributed by atoms with Gasteiger partial charge in [-0.3, -0.25) is 0 Å². The minimum absolute atomic E-state index is 0.663. The molecule has 2 nitrogen and oxygen atoms in total. The third-order valence-corrected chi connectivity index (χ3v) is 4.11. The van der Waals surface area contributed by atoms with Crippen molar-refractivity contribution in [3.05, 3.63) is 108 Å². The number of hydrogen-bond acceptors (Lipinski definition) is 2. The third kappa shape index (κ3) is 6.28. The molecule has 3 rings (SSSR count). The van der Waals surface area contributed by atoms with Gasteiger partial charge in [-0.25, -0.2) is 0 Å². The Bertz CT molecular complexity index is 862. The first-order valence-electron chi connectivity index (χ1n) is 9.27. The number of allylic oxidation sites excluding steroid dienone is 2. The maximum Gasteiger partial charge on any atom is 0.0716 e. The van der Waals surface area contributed by atoms with Crippen molar-refractivity contribution in [2.75, 3.05) is 11.9 Å². The lowest BCUT2D eigenvalue weighted by Crippen LogP contribution is -1.93. The van der Waals surface area contributed by atoms with Crippen molar-refractivity contribution in [3.63, 3.8) is 0 Å². The summed E-state index contributed by atoms with van der Waals surface area (Å²) in [7, 11) is 0. The summed E-state index contributed by atoms with van der Waals surface area (Å²) in [6.07, 6.45) is 8.32. The zero-order valence-corrected chi connectivity index (χ0v) is 15.6. The van der Waals surface area contributed by atoms with Crippen LogP contribution in [0.1, 0.15) is 23.6 Å². The van der Waals surface area contributed by atoms with Crippen LogP contribution in [0.3, 0.4) is 0 Å². The molecule has 0 amide bonds. The van der Waals surface area contributed by atoms with Gasteiger partial charge in [-0.15, -0.1) is 0 Å². The molecule has 0 radical (unpaired) electrons. The van der Waals surface area contributed by atoms with Crippen LogP contribution in [0.15, 0.2) is 91.0 Å². The lowest BCUT2D eigenvalue weighted by atomic mass is 10.1. The van der Waals surface area contributed by atoms with E-state index in [1.165, 1.54) is 16.7 Å². The van der Waals surface area contributed by atoms with Crippen molar-refractivity contribution < 1.29 is 4.74 Å². The molecule has 0 aromatic heterocycles. The highest BCUT2D eigenvalue weighted by Crippen LogP contribution is 2.18. The summed E-state index contributed by atoms with van der Waals surface area (Å²) in [4.78, 5) is 0. The van der Waals surface area contributed by atoms with Crippen LogP contribution in [-0.2, 0) is 11.3 Å². The SMILES string of the molecule is CCOCc1ccc(Nc2ccc(C=CC=Cc3ccccc3)cc2)cc1. The highest BCUT2D eigenvalue weighted by Gasteiger charge is 1.97. The molecule has 3 aromatic rings. The Morgan fingerprint density at radius 1 is 0.704 bits per heavy atom. The van der Waals surface area contributed by atoms with Gasteiger partial charge in [-0.1, -0.05) is 78.9 Å². The van der Waals surface area contributed by atoms with E-state index in [0.717, 1.165) is 18.0 Å². The molecule has 1 N–H and O–H groups in total. The Kier molecular flexibility index (Phi) is 7.02. The molecule has 0 bridgehead atoms. The predicted octanol–water partition coefficient (Wildman–Crippen LogP) is 6.69. The van der Waals surface area contributed by atoms with Gasteiger partial charge in [0.1, 0.15) is 0 Å². The summed E-state index contributed by atoms with van der Waals surface area (Å²) in [6, 6.07) is 27.0. The molecular weight excluding hydrogens is 330 g/mol. The lowest BCUT2D eigenvalue weighted by molar-refractivity contribution is 0.134. The standard InChI is InChI=1S/C25H25NO/c1-2-27-20-23-14-18-25(19-15-23)26-24-16-12-22(13-17-24)11-7-6-10-21-8-4-3-5-9-21/h3-19,26H,2,20H2,1H3. The van der Waals surface area contributed by atoms with Crippen molar-refractivity contribution in [3.8, 4) is 0 Å². The molecule has 0 saturated heterocycles. The zero-order chi connectivity index (χ0) is 18.7. The van der Waals surface area contributed by atoms with E-state index in [1.54, 1.807) is 0 Å². The van der Waals surface area contributed by atoms with Crippen molar-refractivity contribution in [1.82, 2.24) is 0 Å². The number of benzene rings is 3. The fraction of sp³-hybridized carbons (Fsp3) is 0.120. The van der Waals surface area contributed by atoms with E-state index in [2.05, 4.69) is 90.3 Å². The van der Waals surface area contributed by atoms with Crippen LogP contribution >= 0.6 is 0 Å². The summed E-state index contributed by atoms with van der Waals surface area (Å²) in [6.45, 7) is 3.41. The third-order valence-electron chi connectivity index (χ3n) is 4.11. The van der Waals surface area contributed by atoms with Crippen LogP contribution in [0.4, 0.5) is 11.4 Å². The molecule has 0 atom stereocenters. The lowest BCUT2D eigenvalue weighted by Gasteiger charge is -2.08. The van der Waals surface area contributed by atoms with Crippen LogP contribution in [0, 0.1) is 0 Å². The van der Waals surface area contributed by atoms with Crippen LogP contribution in [0.25, 0.3) is 12.2 Å². The van der Waals surface area contributed by atoms with Crippen LogP contribution in [0.5, 0.6) is 0 Å². The Morgan fingerprint density at radius 2 is 1.26 bits per heavy atom. The fourth-order valence-electron chi connectivity index (χ4n) is 2.65. The fourth-order valence-corrected chi connectivity index (χ4v) is 2.65. The van der Waals surface area contributed by atoms with E-state index in [9.17, 15) is 0 Å². The largest absolute Gasteiger partial charge is 0.377 e. The average molecular weight is 355 g/mol. The van der Waals surface area contributed by atoms with Gasteiger partial charge in [-0.2, -0.15) is 0 Å². The topological polar surface area (TPSA) is 21.3 Å². The number of hydrogen-bond donors (Lipinski definition) is 1. The second-order valence-corrected chi connectivity index (χ2v) is 6.21. The first kappa shape index (κ1) is 18.7. The van der Waals surface area contributed by atoms with E-state index >= 15 is 0 Å². The smallest absolute Gasteiger partial charge is 0.0716 e. The van der Waals surface area contributed by atoms with Gasteiger partial charge in [-0.05, 0) is 47.9 Å². The summed E-state index contributed by atoms with van der Waals surface area (Å²) >= 11 is 0. The van der Waals surface area contributed by atoms with Gasteiger partial charge >= 0.3 is 0 Å². The summed E-state index contributed by atoms with van der Waals surface area (Å²) in [5.41, 5.74) is 5.71. The molecule has 3 aromatic carbocycles. The molecule has 0 aliphatic rings. The highest BCUT2D eigenvalue weighted by molar-refractivity contribution is 5.63. The van der Waals surface area contributed by atoms with Crippen molar-refractivity contribution in [2.45, 2.75) is 13.5 Å². The quantitative estimate of drug-likeness (QED) is 0.454. The van der Waals surface area contributed by atoms with E-state index in [4.69, 9.17) is 4.74 Å². The zero-order valence-electron chi connectivity index (χ0n) is 15.6. The summed E-state index contributed by atoms with van der Waals surface area (Å²) < 4.78 is 5.42. The van der Waals surface area contributed by atoms with Crippen molar-refractivity contribution in [1.29, 1.82) is 0 Å². The van der Waals surface area contributed by atoms with Crippen LogP contribution < -0.4 is 5.32 Å². The van der Waals surface area contributed by atoms with Gasteiger partial charge in [0.25, 0.3) is 0 Å². The van der Waals surface area contributed by atoms with E-state index < -0.39 is 0 Å². The van der Waals surface area contributed by atoms with Gasteiger partial charge in [0.15, 0.2) is 0 Å². The van der Waals surface area contributed by atoms with Gasteiger partial charge in [0.2, 0.25) is 0 Å². The first-order chi connectivity index (χ1) is 13.3. The molecule has 0 aliphatic heterocycles. The Balaban J connectivity index is 1.54. The molecule has 2 heteroatoms. The number of anilines is 2. The number of nitrogens with one attached hydrogen (secondary N) is 1. The van der Waals surface area contributed by atoms with Crippen LogP contribution in [-0.4, -0.2) is 6.61 Å². The van der Waals surface area contributed by atoms with Crippen molar-refractivity contribution >= 4 is 23.5 Å². The van der Waals surface area contributed by atoms with Crippen LogP contribution in [0.2, 0.25) is 0 Å². The van der Waals surface area contributed by atoms with Gasteiger partial charge in [0, 0.05) is 18.0 Å². The Labute approximate surface area is 161 Å². The molecule has 0 saturated carbocycles. The maximum absolute atomic E-state index is 5.42. The second kappa shape index (κ2) is 10.1. The molecule has 0 spiro atoms. The normalized spacial score (nSPS) is 11.3.